The molecule has 206 valence electrons. The average molecular weight is 591 g/mol. The van der Waals surface area contributed by atoms with E-state index in [0.717, 1.165) is 66.6 Å². The minimum absolute atomic E-state index is 0.0183. The van der Waals surface area contributed by atoms with Crippen LogP contribution in [0.25, 0.3) is 11.0 Å². The molecule has 0 unspecified atom stereocenters. The van der Waals surface area contributed by atoms with Gasteiger partial charge in [0.25, 0.3) is 5.91 Å². The molecule has 1 heterocycles. The van der Waals surface area contributed by atoms with E-state index < -0.39 is 0 Å². The monoisotopic (exact) mass is 589 g/mol. The van der Waals surface area contributed by atoms with Gasteiger partial charge in [0, 0.05) is 29.5 Å². The standard InChI is InChI=1S/C33H40BrN3O2/c1-33(2,3)26-16-20-28(21-17-26)39-24-10-9-23-37-30-12-7-6-11-29(30)36-31(37)13-5-4-8-22-35-32(38)25-14-18-27(34)19-15-25/h6-7,11-12,14-21H,4-5,8-10,13,22-24H2,1-3H3,(H,35,38). The molecule has 1 N–H and O–H groups in total. The first kappa shape index (κ1) is 28.9. The summed E-state index contributed by atoms with van der Waals surface area (Å²) in [6, 6.07) is 24.3. The third kappa shape index (κ3) is 8.43. The van der Waals surface area contributed by atoms with Gasteiger partial charge in [-0.15, -0.1) is 0 Å². The van der Waals surface area contributed by atoms with Gasteiger partial charge in [0.15, 0.2) is 0 Å². The Balaban J connectivity index is 1.21. The molecule has 0 atom stereocenters. The van der Waals surface area contributed by atoms with E-state index >= 15 is 0 Å². The van der Waals surface area contributed by atoms with E-state index in [-0.39, 0.29) is 11.3 Å². The van der Waals surface area contributed by atoms with Gasteiger partial charge >= 0.3 is 0 Å². The Kier molecular flexibility index (Phi) is 10.2. The van der Waals surface area contributed by atoms with Crippen molar-refractivity contribution in [1.82, 2.24) is 14.9 Å². The summed E-state index contributed by atoms with van der Waals surface area (Å²) in [5, 5.41) is 3.02. The lowest BCUT2D eigenvalue weighted by molar-refractivity contribution is 0.0953. The second-order valence-electron chi connectivity index (χ2n) is 11.1. The van der Waals surface area contributed by atoms with Crippen molar-refractivity contribution in [3.63, 3.8) is 0 Å². The maximum absolute atomic E-state index is 12.3. The summed E-state index contributed by atoms with van der Waals surface area (Å²) in [6.45, 7) is 9.01. The summed E-state index contributed by atoms with van der Waals surface area (Å²) in [7, 11) is 0. The van der Waals surface area contributed by atoms with Crippen LogP contribution in [-0.2, 0) is 18.4 Å². The number of para-hydroxylation sites is 2. The number of benzene rings is 3. The first-order valence-corrected chi connectivity index (χ1v) is 14.8. The van der Waals surface area contributed by atoms with Crippen LogP contribution < -0.4 is 10.1 Å². The third-order valence-corrected chi connectivity index (χ3v) is 7.50. The number of amides is 1. The van der Waals surface area contributed by atoms with Gasteiger partial charge in [-0.25, -0.2) is 4.98 Å². The van der Waals surface area contributed by atoms with Crippen LogP contribution in [0.4, 0.5) is 0 Å². The fourth-order valence-corrected chi connectivity index (χ4v) is 4.93. The molecule has 0 fully saturated rings. The fraction of sp³-hybridized carbons (Fsp3) is 0.394. The molecule has 0 saturated heterocycles. The second kappa shape index (κ2) is 13.8. The summed E-state index contributed by atoms with van der Waals surface area (Å²) in [6.07, 6.45) is 6.01. The molecule has 6 heteroatoms. The molecule has 0 saturated carbocycles. The molecule has 5 nitrogen and oxygen atoms in total. The van der Waals surface area contributed by atoms with Crippen LogP contribution >= 0.6 is 15.9 Å². The van der Waals surface area contributed by atoms with Crippen molar-refractivity contribution in [2.45, 2.75) is 71.3 Å². The van der Waals surface area contributed by atoms with E-state index in [1.165, 1.54) is 11.1 Å². The quantitative estimate of drug-likeness (QED) is 0.160. The molecule has 1 amide bonds. The number of carbonyl (C=O) groups excluding carboxylic acids is 1. The summed E-state index contributed by atoms with van der Waals surface area (Å²) < 4.78 is 9.36. The molecular weight excluding hydrogens is 550 g/mol. The number of nitrogens with zero attached hydrogens (tertiary/aromatic N) is 2. The molecule has 39 heavy (non-hydrogen) atoms. The highest BCUT2D eigenvalue weighted by molar-refractivity contribution is 9.10. The van der Waals surface area contributed by atoms with Crippen molar-refractivity contribution in [3.8, 4) is 5.75 Å². The number of halogens is 1. The minimum Gasteiger partial charge on any atom is -0.494 e. The van der Waals surface area contributed by atoms with Gasteiger partial charge in [0.05, 0.1) is 17.6 Å². The van der Waals surface area contributed by atoms with Crippen LogP contribution in [0.1, 0.15) is 74.6 Å². The summed E-state index contributed by atoms with van der Waals surface area (Å²) >= 11 is 3.40. The summed E-state index contributed by atoms with van der Waals surface area (Å²) in [5.74, 6) is 2.06. The average Bonchev–Trinajstić information content (AvgIpc) is 3.27. The van der Waals surface area contributed by atoms with Crippen molar-refractivity contribution in [2.24, 2.45) is 0 Å². The molecule has 0 spiro atoms. The van der Waals surface area contributed by atoms with Crippen molar-refractivity contribution in [1.29, 1.82) is 0 Å². The number of imidazole rings is 1. The van der Waals surface area contributed by atoms with Crippen molar-refractivity contribution in [3.05, 3.63) is 94.2 Å². The molecule has 1 aromatic heterocycles. The highest BCUT2D eigenvalue weighted by atomic mass is 79.9. The lowest BCUT2D eigenvalue weighted by Crippen LogP contribution is -2.24. The zero-order chi connectivity index (χ0) is 27.7. The Morgan fingerprint density at radius 1 is 0.897 bits per heavy atom. The Labute approximate surface area is 241 Å². The molecule has 0 radical (unpaired) electrons. The number of rotatable bonds is 13. The van der Waals surface area contributed by atoms with Gasteiger partial charge in [-0.2, -0.15) is 0 Å². The molecule has 0 aliphatic rings. The van der Waals surface area contributed by atoms with E-state index in [1.54, 1.807) is 0 Å². The lowest BCUT2D eigenvalue weighted by Gasteiger charge is -2.19. The van der Waals surface area contributed by atoms with Crippen LogP contribution in [-0.4, -0.2) is 28.6 Å². The van der Waals surface area contributed by atoms with E-state index in [9.17, 15) is 4.79 Å². The molecule has 0 aliphatic carbocycles. The SMILES string of the molecule is CC(C)(C)c1ccc(OCCCCn2c(CCCCCNC(=O)c3ccc(Br)cc3)nc3ccccc32)cc1. The normalized spacial score (nSPS) is 11.6. The summed E-state index contributed by atoms with van der Waals surface area (Å²) in [4.78, 5) is 17.2. The largest absolute Gasteiger partial charge is 0.494 e. The van der Waals surface area contributed by atoms with Crippen LogP contribution in [0.3, 0.4) is 0 Å². The van der Waals surface area contributed by atoms with Crippen LogP contribution in [0.5, 0.6) is 5.75 Å². The maximum atomic E-state index is 12.3. The smallest absolute Gasteiger partial charge is 0.251 e. The van der Waals surface area contributed by atoms with Gasteiger partial charge < -0.3 is 14.6 Å². The third-order valence-electron chi connectivity index (χ3n) is 6.97. The molecule has 3 aromatic carbocycles. The van der Waals surface area contributed by atoms with Gasteiger partial charge in [-0.3, -0.25) is 4.79 Å². The van der Waals surface area contributed by atoms with E-state index in [2.05, 4.69) is 95.1 Å². The number of hydrogen-bond acceptors (Lipinski definition) is 3. The lowest BCUT2D eigenvalue weighted by atomic mass is 9.87. The van der Waals surface area contributed by atoms with Gasteiger partial charge in [0.1, 0.15) is 11.6 Å². The zero-order valence-electron chi connectivity index (χ0n) is 23.4. The molecule has 0 aliphatic heterocycles. The number of aryl methyl sites for hydroxylation is 2. The molecule has 4 aromatic rings. The van der Waals surface area contributed by atoms with Crippen molar-refractivity contribution >= 4 is 32.9 Å². The summed E-state index contributed by atoms with van der Waals surface area (Å²) in [5.41, 5.74) is 4.42. The maximum Gasteiger partial charge on any atom is 0.251 e. The number of carbonyl (C=O) groups is 1. The number of unbranched alkanes of at least 4 members (excludes halogenated alkanes) is 3. The number of nitrogens with one attached hydrogen (secondary N) is 1. The van der Waals surface area contributed by atoms with Crippen molar-refractivity contribution in [2.75, 3.05) is 13.2 Å². The molecule has 4 rings (SSSR count). The van der Waals surface area contributed by atoms with E-state index in [1.807, 2.05) is 24.3 Å². The Morgan fingerprint density at radius 2 is 1.64 bits per heavy atom. The van der Waals surface area contributed by atoms with E-state index in [0.29, 0.717) is 18.7 Å². The topological polar surface area (TPSA) is 56.1 Å². The minimum atomic E-state index is -0.0183. The molecule has 0 bridgehead atoms. The van der Waals surface area contributed by atoms with Gasteiger partial charge in [0.2, 0.25) is 0 Å². The van der Waals surface area contributed by atoms with Gasteiger partial charge in [-0.05, 0) is 85.2 Å². The van der Waals surface area contributed by atoms with Crippen LogP contribution in [0.15, 0.2) is 77.3 Å². The highest BCUT2D eigenvalue weighted by Crippen LogP contribution is 2.24. The predicted octanol–water partition coefficient (Wildman–Crippen LogP) is 8.10. The predicted molar refractivity (Wildman–Crippen MR) is 164 cm³/mol. The fourth-order valence-electron chi connectivity index (χ4n) is 4.67. The number of hydrogen-bond donors (Lipinski definition) is 1. The first-order chi connectivity index (χ1) is 18.8. The highest BCUT2D eigenvalue weighted by Gasteiger charge is 2.13. The first-order valence-electron chi connectivity index (χ1n) is 14.0. The van der Waals surface area contributed by atoms with Crippen LogP contribution in [0.2, 0.25) is 0 Å². The second-order valence-corrected chi connectivity index (χ2v) is 12.0. The Bertz CT molecular complexity index is 1340. The van der Waals surface area contributed by atoms with Crippen molar-refractivity contribution < 1.29 is 9.53 Å². The zero-order valence-corrected chi connectivity index (χ0v) is 25.0. The Morgan fingerprint density at radius 3 is 2.38 bits per heavy atom. The number of aromatic nitrogens is 2. The van der Waals surface area contributed by atoms with Crippen LogP contribution in [0, 0.1) is 0 Å². The van der Waals surface area contributed by atoms with Gasteiger partial charge in [-0.1, -0.05) is 67.4 Å². The van der Waals surface area contributed by atoms with E-state index in [4.69, 9.17) is 9.72 Å². The number of ether oxygens (including phenoxy) is 1. The number of fused-ring (bicyclic) bond motifs is 1. The molecular formula is C33H40BrN3O2. The Hall–Kier alpha value is -3.12.